The van der Waals surface area contributed by atoms with Crippen LogP contribution in [0, 0.1) is 12.9 Å². The van der Waals surface area contributed by atoms with Crippen molar-refractivity contribution in [3.63, 3.8) is 0 Å². The molecule has 0 aromatic carbocycles. The van der Waals surface area contributed by atoms with Gasteiger partial charge in [-0.3, -0.25) is 4.79 Å². The highest BCUT2D eigenvalue weighted by molar-refractivity contribution is 6.67. The van der Waals surface area contributed by atoms with E-state index >= 15 is 0 Å². The van der Waals surface area contributed by atoms with E-state index < -0.39 is 28.7 Å². The number of nitrogens with zero attached hydrogens (tertiary/aromatic N) is 1. The van der Waals surface area contributed by atoms with Gasteiger partial charge in [0.1, 0.15) is 0 Å². The van der Waals surface area contributed by atoms with Gasteiger partial charge in [0.25, 0.3) is 11.7 Å². The fraction of sp³-hybridized carbons (Fsp3) is 0.250. The maximum Gasteiger partial charge on any atom is 0.264 e. The normalized spacial score (nSPS) is 10.7. The number of hydrogen-bond donors (Lipinski definition) is 0. The Morgan fingerprint density at radius 1 is 1.57 bits per heavy atom. The largest absolute Gasteiger partial charge is 0.275 e. The second-order valence-corrected chi connectivity index (χ2v) is 2.94. The van der Waals surface area contributed by atoms with Crippen LogP contribution >= 0.6 is 11.6 Å². The minimum atomic E-state index is -2.95. The highest BCUT2D eigenvalue weighted by Gasteiger charge is 2.22. The van der Waals surface area contributed by atoms with E-state index in [2.05, 4.69) is 4.98 Å². The van der Waals surface area contributed by atoms with Gasteiger partial charge in [-0.15, -0.1) is 0 Å². The summed E-state index contributed by atoms with van der Waals surface area (Å²) in [6, 6.07) is 0.934. The van der Waals surface area contributed by atoms with Crippen LogP contribution in [-0.4, -0.2) is 10.2 Å². The van der Waals surface area contributed by atoms with Crippen LogP contribution in [0.5, 0.6) is 0 Å². The summed E-state index contributed by atoms with van der Waals surface area (Å²) >= 11 is 4.96. The van der Waals surface area contributed by atoms with Crippen molar-refractivity contribution in [2.45, 2.75) is 13.3 Å². The van der Waals surface area contributed by atoms with Gasteiger partial charge in [-0.1, -0.05) is 0 Å². The third-order valence-corrected chi connectivity index (χ3v) is 1.75. The highest BCUT2D eigenvalue weighted by atomic mass is 35.5. The molecular formula is C8H5ClF3NO. The number of rotatable bonds is 2. The lowest BCUT2D eigenvalue weighted by Gasteiger charge is -2.06. The predicted octanol–water partition coefficient (Wildman–Crippen LogP) is 2.85. The molecule has 14 heavy (non-hydrogen) atoms. The second kappa shape index (κ2) is 3.96. The van der Waals surface area contributed by atoms with Crippen LogP contribution in [0.2, 0.25) is 0 Å². The summed E-state index contributed by atoms with van der Waals surface area (Å²) in [5, 5.41) is -1.27. The Bertz CT molecular complexity index is 381. The molecule has 2 nitrogen and oxygen atoms in total. The molecule has 0 aliphatic heterocycles. The number of carbonyl (C=O) groups excluding carboxylic acids is 1. The summed E-state index contributed by atoms with van der Waals surface area (Å²) in [4.78, 5) is 13.9. The number of hydrogen-bond acceptors (Lipinski definition) is 2. The van der Waals surface area contributed by atoms with Crippen molar-refractivity contribution in [2.24, 2.45) is 0 Å². The predicted molar refractivity (Wildman–Crippen MR) is 44.1 cm³/mol. The maximum absolute atomic E-state index is 13.0. The smallest absolute Gasteiger partial charge is 0.264 e. The zero-order chi connectivity index (χ0) is 10.9. The molecule has 0 amide bonds. The zero-order valence-electron chi connectivity index (χ0n) is 7.02. The van der Waals surface area contributed by atoms with Crippen LogP contribution in [-0.2, 0) is 0 Å². The van der Waals surface area contributed by atoms with Gasteiger partial charge in [0.2, 0.25) is 5.95 Å². The molecule has 0 bridgehead atoms. The second-order valence-electron chi connectivity index (χ2n) is 2.59. The number of alkyl halides is 2. The SMILES string of the molecule is Cc1cc(C(F)F)c(C(=O)Cl)c(F)n1. The van der Waals surface area contributed by atoms with Gasteiger partial charge in [0, 0.05) is 11.3 Å². The van der Waals surface area contributed by atoms with E-state index in [1.165, 1.54) is 6.92 Å². The number of aromatic nitrogens is 1. The van der Waals surface area contributed by atoms with Crippen LogP contribution in [0.15, 0.2) is 6.07 Å². The number of aryl methyl sites for hydroxylation is 1. The molecule has 0 unspecified atom stereocenters. The molecule has 0 atom stereocenters. The first kappa shape index (κ1) is 11.0. The van der Waals surface area contributed by atoms with Crippen LogP contribution in [0.4, 0.5) is 13.2 Å². The third-order valence-electron chi connectivity index (χ3n) is 1.57. The van der Waals surface area contributed by atoms with E-state index in [0.717, 1.165) is 6.07 Å². The lowest BCUT2D eigenvalue weighted by molar-refractivity contribution is 0.106. The molecule has 0 aliphatic carbocycles. The third kappa shape index (κ3) is 2.04. The Morgan fingerprint density at radius 3 is 2.57 bits per heavy atom. The highest BCUT2D eigenvalue weighted by Crippen LogP contribution is 2.26. The van der Waals surface area contributed by atoms with Crippen molar-refractivity contribution in [1.29, 1.82) is 0 Å². The first-order chi connectivity index (χ1) is 6.43. The lowest BCUT2D eigenvalue weighted by atomic mass is 10.1. The average Bonchev–Trinajstić information content (AvgIpc) is 2.01. The van der Waals surface area contributed by atoms with E-state index in [9.17, 15) is 18.0 Å². The molecule has 6 heteroatoms. The first-order valence-corrected chi connectivity index (χ1v) is 3.96. The topological polar surface area (TPSA) is 30.0 Å². The zero-order valence-corrected chi connectivity index (χ0v) is 7.78. The van der Waals surface area contributed by atoms with Gasteiger partial charge in [-0.25, -0.2) is 13.8 Å². The van der Waals surface area contributed by atoms with Crippen LogP contribution in [0.25, 0.3) is 0 Å². The van der Waals surface area contributed by atoms with E-state index in [1.807, 2.05) is 0 Å². The standard InChI is InChI=1S/C8H5ClF3NO/c1-3-2-4(7(10)11)5(6(9)14)8(12)13-3/h2,7H,1H3. The Labute approximate surface area is 82.7 Å². The van der Waals surface area contributed by atoms with Gasteiger partial charge in [-0.2, -0.15) is 4.39 Å². The molecule has 0 aliphatic rings. The Kier molecular flexibility index (Phi) is 3.10. The molecule has 1 rings (SSSR count). The van der Waals surface area contributed by atoms with Crippen molar-refractivity contribution in [3.8, 4) is 0 Å². The van der Waals surface area contributed by atoms with Gasteiger partial charge >= 0.3 is 0 Å². The fourth-order valence-corrected chi connectivity index (χ4v) is 1.21. The lowest BCUT2D eigenvalue weighted by Crippen LogP contribution is -2.06. The quantitative estimate of drug-likeness (QED) is 0.570. The molecule has 0 N–H and O–H groups in total. The van der Waals surface area contributed by atoms with Gasteiger partial charge in [0.05, 0.1) is 5.56 Å². The van der Waals surface area contributed by atoms with Gasteiger partial charge < -0.3 is 0 Å². The van der Waals surface area contributed by atoms with Crippen LogP contribution in [0.3, 0.4) is 0 Å². The van der Waals surface area contributed by atoms with Crippen molar-refractivity contribution < 1.29 is 18.0 Å². The Morgan fingerprint density at radius 2 is 2.14 bits per heavy atom. The summed E-state index contributed by atoms with van der Waals surface area (Å²) in [6.45, 7) is 1.34. The molecule has 1 heterocycles. The molecule has 0 radical (unpaired) electrons. The molecule has 1 aromatic rings. The molecule has 76 valence electrons. The summed E-state index contributed by atoms with van der Waals surface area (Å²) in [7, 11) is 0. The fourth-order valence-electron chi connectivity index (χ4n) is 1.03. The number of halogens is 4. The van der Waals surface area contributed by atoms with E-state index in [-0.39, 0.29) is 5.69 Å². The molecule has 0 spiro atoms. The summed E-state index contributed by atoms with van der Waals surface area (Å²) in [6.07, 6.45) is -2.95. The monoisotopic (exact) mass is 223 g/mol. The summed E-state index contributed by atoms with van der Waals surface area (Å²) in [5.74, 6) is -1.26. The van der Waals surface area contributed by atoms with Crippen LogP contribution in [0.1, 0.15) is 28.0 Å². The van der Waals surface area contributed by atoms with Crippen LogP contribution < -0.4 is 0 Å². The minimum Gasteiger partial charge on any atom is -0.275 e. The number of pyridine rings is 1. The van der Waals surface area contributed by atoms with E-state index in [4.69, 9.17) is 11.6 Å². The Balaban J connectivity index is 3.44. The van der Waals surface area contributed by atoms with Crippen molar-refractivity contribution in [2.75, 3.05) is 0 Å². The van der Waals surface area contributed by atoms with E-state index in [0.29, 0.717) is 0 Å². The van der Waals surface area contributed by atoms with Crippen molar-refractivity contribution >= 4 is 16.8 Å². The first-order valence-electron chi connectivity index (χ1n) is 3.58. The average molecular weight is 224 g/mol. The molecule has 0 fully saturated rings. The Hall–Kier alpha value is -1.10. The molecule has 0 saturated carbocycles. The van der Waals surface area contributed by atoms with Gasteiger partial charge in [-0.05, 0) is 24.6 Å². The minimum absolute atomic E-state index is 0.0690. The molecule has 0 saturated heterocycles. The van der Waals surface area contributed by atoms with Crippen molar-refractivity contribution in [1.82, 2.24) is 4.98 Å². The molecule has 1 aromatic heterocycles. The van der Waals surface area contributed by atoms with Crippen molar-refractivity contribution in [3.05, 3.63) is 28.8 Å². The maximum atomic E-state index is 13.0. The summed E-state index contributed by atoms with van der Waals surface area (Å²) in [5.41, 5.74) is -1.51. The van der Waals surface area contributed by atoms with E-state index in [1.54, 1.807) is 0 Å². The van der Waals surface area contributed by atoms with Gasteiger partial charge in [0.15, 0.2) is 0 Å². The summed E-state index contributed by atoms with van der Waals surface area (Å²) < 4.78 is 37.7. The molecular weight excluding hydrogens is 219 g/mol. The number of carbonyl (C=O) groups is 1.